The fraction of sp³-hybridized carbons (Fsp3) is 0.867. The molecule has 1 unspecified atom stereocenters. The minimum Gasteiger partial charge on any atom is -0.481 e. The van der Waals surface area contributed by atoms with E-state index in [0.29, 0.717) is 18.1 Å². The number of ether oxygens (including phenoxy) is 3. The minimum absolute atomic E-state index is 0.00687. The summed E-state index contributed by atoms with van der Waals surface area (Å²) in [6, 6.07) is 0. The number of aldehydes is 1. The highest BCUT2D eigenvalue weighted by Gasteiger charge is 2.87. The number of carboxylic acids is 1. The van der Waals surface area contributed by atoms with E-state index in [1.165, 1.54) is 7.11 Å². The van der Waals surface area contributed by atoms with Crippen LogP contribution >= 0.6 is 12.6 Å². The summed E-state index contributed by atoms with van der Waals surface area (Å²) in [5, 5.41) is 32.9. The van der Waals surface area contributed by atoms with Gasteiger partial charge in [-0.1, -0.05) is 38.8 Å². The molecule has 4 aliphatic carbocycles. The molecular weight excluding hydrogens is 520 g/mol. The van der Waals surface area contributed by atoms with Crippen molar-refractivity contribution in [1.82, 2.24) is 0 Å². The molecule has 39 heavy (non-hydrogen) atoms. The Morgan fingerprint density at radius 3 is 2.56 bits per heavy atom. The molecule has 3 N–H and O–H groups in total. The maximum Gasteiger partial charge on any atom is 0.315 e. The molecule has 0 spiro atoms. The molecule has 3 saturated carbocycles. The van der Waals surface area contributed by atoms with E-state index in [1.807, 2.05) is 13.8 Å². The lowest BCUT2D eigenvalue weighted by Crippen LogP contribution is -2.65. The molecule has 4 bridgehead atoms. The van der Waals surface area contributed by atoms with Crippen LogP contribution in [0.2, 0.25) is 0 Å². The lowest BCUT2D eigenvalue weighted by atomic mass is 9.41. The predicted octanol–water partition coefficient (Wildman–Crippen LogP) is 3.35. The molecule has 5 aliphatic rings. The quantitative estimate of drug-likeness (QED) is 0.180. The first-order valence-electron chi connectivity index (χ1n) is 14.7. The van der Waals surface area contributed by atoms with Gasteiger partial charge < -0.3 is 34.3 Å². The van der Waals surface area contributed by atoms with Crippen molar-refractivity contribution in [1.29, 1.82) is 0 Å². The Kier molecular flexibility index (Phi) is 7.86. The Morgan fingerprint density at radius 2 is 1.97 bits per heavy atom. The van der Waals surface area contributed by atoms with Crippen molar-refractivity contribution in [3.8, 4) is 0 Å². The third kappa shape index (κ3) is 3.62. The van der Waals surface area contributed by atoms with E-state index < -0.39 is 52.9 Å². The first-order chi connectivity index (χ1) is 18.5. The predicted molar refractivity (Wildman–Crippen MR) is 147 cm³/mol. The van der Waals surface area contributed by atoms with Gasteiger partial charge in [-0.15, -0.1) is 0 Å². The van der Waals surface area contributed by atoms with Gasteiger partial charge in [-0.2, -0.15) is 12.6 Å². The molecule has 0 amide bonds. The van der Waals surface area contributed by atoms with Crippen LogP contribution < -0.4 is 0 Å². The second-order valence-corrected chi connectivity index (χ2v) is 13.7. The summed E-state index contributed by atoms with van der Waals surface area (Å²) in [6.45, 7) is 8.06. The van der Waals surface area contributed by atoms with Crippen molar-refractivity contribution in [2.45, 2.75) is 90.5 Å². The molecule has 0 aromatic rings. The average molecular weight is 567 g/mol. The van der Waals surface area contributed by atoms with E-state index in [1.54, 1.807) is 6.92 Å². The lowest BCUT2D eigenvalue weighted by Gasteiger charge is -2.59. The standard InChI is InChI=1S/C30H46O8S/c1-15(2)21-11-22-20(7-6-10-39)29(13-31)19-9-8-16(3)18(19)12-28(22,30(21,29)27(34)35)14-37-26-24(33)23(32)25(36-5)17(4)38-26/h11,13,15-20,22-26,32-33,39H,6-10,12,14H2,1-5H3,(H,34,35)/t16-,17-,18-,19-,20?,22-,23+,24+,25-,26-,28+,29+,30-/m1/s1. The molecule has 1 saturated heterocycles. The summed E-state index contributed by atoms with van der Waals surface area (Å²) < 4.78 is 17.7. The number of fused-ring (bicyclic) bond motifs is 2. The number of carbonyl (C=O) groups excluding carboxylic acids is 1. The van der Waals surface area contributed by atoms with E-state index in [4.69, 9.17) is 14.2 Å². The number of carbonyl (C=O) groups is 2. The summed E-state index contributed by atoms with van der Waals surface area (Å²) in [4.78, 5) is 27.5. The molecule has 0 aromatic heterocycles. The molecule has 0 radical (unpaired) electrons. The monoisotopic (exact) mass is 566 g/mol. The lowest BCUT2D eigenvalue weighted by molar-refractivity contribution is -0.306. The van der Waals surface area contributed by atoms with Crippen LogP contribution in [0, 0.1) is 51.8 Å². The number of rotatable bonds is 10. The van der Waals surface area contributed by atoms with Crippen molar-refractivity contribution in [2.24, 2.45) is 51.8 Å². The third-order valence-electron chi connectivity index (χ3n) is 11.6. The number of aliphatic hydroxyl groups is 2. The van der Waals surface area contributed by atoms with Crippen LogP contribution in [0.1, 0.15) is 59.8 Å². The van der Waals surface area contributed by atoms with Gasteiger partial charge in [0.15, 0.2) is 6.29 Å². The summed E-state index contributed by atoms with van der Waals surface area (Å²) in [7, 11) is 1.46. The van der Waals surface area contributed by atoms with Crippen LogP contribution in [0.5, 0.6) is 0 Å². The molecule has 1 aliphatic heterocycles. The van der Waals surface area contributed by atoms with Gasteiger partial charge in [0.1, 0.15) is 30.0 Å². The minimum atomic E-state index is -1.40. The third-order valence-corrected chi connectivity index (χ3v) is 11.9. The molecule has 9 heteroatoms. The molecule has 8 nitrogen and oxygen atoms in total. The molecule has 4 fully saturated rings. The van der Waals surface area contributed by atoms with Gasteiger partial charge in [-0.05, 0) is 73.9 Å². The van der Waals surface area contributed by atoms with Crippen molar-refractivity contribution < 1.29 is 39.1 Å². The highest BCUT2D eigenvalue weighted by Crippen LogP contribution is 2.84. The Morgan fingerprint density at radius 1 is 1.26 bits per heavy atom. The van der Waals surface area contributed by atoms with Gasteiger partial charge in [0.2, 0.25) is 0 Å². The van der Waals surface area contributed by atoms with Crippen LogP contribution in [-0.2, 0) is 23.8 Å². The Labute approximate surface area is 237 Å². The largest absolute Gasteiger partial charge is 0.481 e. The van der Waals surface area contributed by atoms with Crippen molar-refractivity contribution in [3.05, 3.63) is 11.6 Å². The zero-order valence-electron chi connectivity index (χ0n) is 23.8. The van der Waals surface area contributed by atoms with Gasteiger partial charge in [-0.3, -0.25) is 4.79 Å². The van der Waals surface area contributed by atoms with Crippen molar-refractivity contribution in [3.63, 3.8) is 0 Å². The first kappa shape index (κ1) is 29.5. The molecule has 220 valence electrons. The van der Waals surface area contributed by atoms with E-state index in [0.717, 1.165) is 37.5 Å². The smallest absolute Gasteiger partial charge is 0.315 e. The van der Waals surface area contributed by atoms with Gasteiger partial charge in [-0.25, -0.2) is 0 Å². The second kappa shape index (κ2) is 10.4. The summed E-state index contributed by atoms with van der Waals surface area (Å²) >= 11 is 4.47. The molecule has 1 heterocycles. The van der Waals surface area contributed by atoms with E-state index in [2.05, 4.69) is 25.6 Å². The van der Waals surface area contributed by atoms with Crippen LogP contribution in [0.3, 0.4) is 0 Å². The molecule has 0 aromatic carbocycles. The average Bonchev–Trinajstić information content (AvgIpc) is 3.46. The number of allylic oxidation sites excluding steroid dienone is 1. The fourth-order valence-electron chi connectivity index (χ4n) is 10.3. The number of aliphatic carboxylic acids is 1. The Hall–Kier alpha value is -0.970. The van der Waals surface area contributed by atoms with Crippen molar-refractivity contribution in [2.75, 3.05) is 19.5 Å². The first-order valence-corrected chi connectivity index (χ1v) is 15.3. The number of hydrogen-bond acceptors (Lipinski definition) is 8. The number of methoxy groups -OCH3 is 1. The van der Waals surface area contributed by atoms with Gasteiger partial charge in [0.25, 0.3) is 0 Å². The van der Waals surface area contributed by atoms with Gasteiger partial charge in [0, 0.05) is 12.5 Å². The van der Waals surface area contributed by atoms with E-state index in [-0.39, 0.29) is 36.2 Å². The number of hydrogen-bond donors (Lipinski definition) is 4. The summed E-state index contributed by atoms with van der Waals surface area (Å²) in [5.41, 5.74) is -2.45. The van der Waals surface area contributed by atoms with E-state index >= 15 is 0 Å². The highest BCUT2D eigenvalue weighted by molar-refractivity contribution is 7.80. The fourth-order valence-corrected chi connectivity index (χ4v) is 10.5. The molecule has 5 rings (SSSR count). The number of carboxylic acid groups (broad SMARTS) is 1. The number of aliphatic hydroxyl groups excluding tert-OH is 2. The molecular formula is C30H46O8S. The summed E-state index contributed by atoms with van der Waals surface area (Å²) in [5.74, 6) is 0.0172. The zero-order chi connectivity index (χ0) is 28.5. The second-order valence-electron chi connectivity index (χ2n) is 13.3. The zero-order valence-corrected chi connectivity index (χ0v) is 24.7. The summed E-state index contributed by atoms with van der Waals surface area (Å²) in [6.07, 6.45) is 2.32. The van der Waals surface area contributed by atoms with Crippen LogP contribution in [0.25, 0.3) is 0 Å². The van der Waals surface area contributed by atoms with Crippen LogP contribution in [0.4, 0.5) is 0 Å². The van der Waals surface area contributed by atoms with E-state index in [9.17, 15) is 24.9 Å². The van der Waals surface area contributed by atoms with Gasteiger partial charge >= 0.3 is 5.97 Å². The molecule has 13 atom stereocenters. The highest BCUT2D eigenvalue weighted by atomic mass is 32.1. The Bertz CT molecular complexity index is 1000. The normalized spacial score (nSPS) is 50.2. The SMILES string of the molecule is CO[C@H]1[C@@H](O)[C@H](O)[C@H](OC[C@@]23C[C@@H]4[C@H](C)CC[C@H]4[C@@]4(C=O)C(CCCS)[C@H]2C=C(C(C)C)[C@@]34C(=O)O)O[C@@H]1C. The maximum atomic E-state index is 13.9. The maximum absolute atomic E-state index is 13.9. The van der Waals surface area contributed by atoms with Crippen LogP contribution in [-0.4, -0.2) is 77.8 Å². The number of thiol groups is 1. The van der Waals surface area contributed by atoms with Gasteiger partial charge in [0.05, 0.1) is 18.1 Å². The van der Waals surface area contributed by atoms with Crippen LogP contribution in [0.15, 0.2) is 11.6 Å². The Balaban J connectivity index is 1.64. The van der Waals surface area contributed by atoms with Crippen molar-refractivity contribution >= 4 is 24.9 Å². The topological polar surface area (TPSA) is 123 Å².